The van der Waals surface area contributed by atoms with Crippen LogP contribution in [0.4, 0.5) is 0 Å². The van der Waals surface area contributed by atoms with Gasteiger partial charge in [0.05, 0.1) is 13.0 Å². The number of nitrogens with zero attached hydrogens (tertiary/aromatic N) is 1. The standard InChI is InChI=1S/C15H28N2O2/c1-11-3-4-13(10-16)14(9-11)17-7-5-12(6-8-17)15(18)19-2/h11-14H,3-10,16H2,1-2H3. The van der Waals surface area contributed by atoms with Crippen molar-refractivity contribution in [1.82, 2.24) is 4.90 Å². The Labute approximate surface area is 116 Å². The Balaban J connectivity index is 1.90. The van der Waals surface area contributed by atoms with E-state index in [9.17, 15) is 4.79 Å². The molecule has 2 aliphatic rings. The Bertz CT molecular complexity index is 301. The number of carbonyl (C=O) groups excluding carboxylic acids is 1. The summed E-state index contributed by atoms with van der Waals surface area (Å²) in [5.41, 5.74) is 5.94. The fourth-order valence-corrected chi connectivity index (χ4v) is 3.77. The van der Waals surface area contributed by atoms with Crippen molar-refractivity contribution in [3.8, 4) is 0 Å². The van der Waals surface area contributed by atoms with Crippen LogP contribution >= 0.6 is 0 Å². The number of likely N-dealkylation sites (tertiary alicyclic amines) is 1. The topological polar surface area (TPSA) is 55.6 Å². The predicted octanol–water partition coefficient (Wildman–Crippen LogP) is 1.63. The van der Waals surface area contributed by atoms with Gasteiger partial charge in [-0.1, -0.05) is 13.3 Å². The number of ether oxygens (including phenoxy) is 1. The van der Waals surface area contributed by atoms with Gasteiger partial charge >= 0.3 is 5.97 Å². The van der Waals surface area contributed by atoms with Gasteiger partial charge in [0.15, 0.2) is 0 Å². The third kappa shape index (κ3) is 3.48. The highest BCUT2D eigenvalue weighted by atomic mass is 16.5. The zero-order valence-electron chi connectivity index (χ0n) is 12.3. The largest absolute Gasteiger partial charge is 0.469 e. The normalized spacial score (nSPS) is 34.2. The zero-order chi connectivity index (χ0) is 13.8. The van der Waals surface area contributed by atoms with E-state index >= 15 is 0 Å². The number of rotatable bonds is 3. The van der Waals surface area contributed by atoms with Crippen LogP contribution < -0.4 is 5.73 Å². The second kappa shape index (κ2) is 6.71. The van der Waals surface area contributed by atoms with E-state index < -0.39 is 0 Å². The van der Waals surface area contributed by atoms with Gasteiger partial charge in [-0.15, -0.1) is 0 Å². The first-order valence-electron chi connectivity index (χ1n) is 7.67. The van der Waals surface area contributed by atoms with E-state index in [2.05, 4.69) is 11.8 Å². The SMILES string of the molecule is COC(=O)C1CCN(C2CC(C)CCC2CN)CC1. The highest BCUT2D eigenvalue weighted by Gasteiger charge is 2.35. The molecule has 1 saturated carbocycles. The molecule has 4 nitrogen and oxygen atoms in total. The molecule has 1 aliphatic heterocycles. The van der Waals surface area contributed by atoms with Crippen LogP contribution in [0.5, 0.6) is 0 Å². The molecule has 2 N–H and O–H groups in total. The van der Waals surface area contributed by atoms with Crippen LogP contribution in [-0.2, 0) is 9.53 Å². The molecule has 0 bridgehead atoms. The molecule has 0 aromatic rings. The highest BCUT2D eigenvalue weighted by Crippen LogP contribution is 2.33. The maximum atomic E-state index is 11.6. The van der Waals surface area contributed by atoms with E-state index in [0.29, 0.717) is 12.0 Å². The van der Waals surface area contributed by atoms with Gasteiger partial charge in [-0.25, -0.2) is 0 Å². The molecule has 1 aliphatic carbocycles. The number of esters is 1. The van der Waals surface area contributed by atoms with Crippen LogP contribution in [-0.4, -0.2) is 43.7 Å². The van der Waals surface area contributed by atoms with E-state index in [4.69, 9.17) is 10.5 Å². The predicted molar refractivity (Wildman–Crippen MR) is 75.7 cm³/mol. The molecule has 1 saturated heterocycles. The van der Waals surface area contributed by atoms with Crippen LogP contribution in [0.25, 0.3) is 0 Å². The summed E-state index contributed by atoms with van der Waals surface area (Å²) in [6.07, 6.45) is 5.73. The molecule has 1 heterocycles. The minimum absolute atomic E-state index is 0.0352. The molecule has 19 heavy (non-hydrogen) atoms. The molecule has 2 fully saturated rings. The monoisotopic (exact) mass is 268 g/mol. The van der Waals surface area contributed by atoms with Crippen LogP contribution in [0.1, 0.15) is 39.0 Å². The highest BCUT2D eigenvalue weighted by molar-refractivity contribution is 5.72. The third-order valence-electron chi connectivity index (χ3n) is 5.05. The van der Waals surface area contributed by atoms with Gasteiger partial charge < -0.3 is 15.4 Å². The first-order valence-corrected chi connectivity index (χ1v) is 7.67. The lowest BCUT2D eigenvalue weighted by Crippen LogP contribution is -2.50. The lowest BCUT2D eigenvalue weighted by Gasteiger charge is -2.44. The van der Waals surface area contributed by atoms with Crippen LogP contribution in [0.3, 0.4) is 0 Å². The lowest BCUT2D eigenvalue weighted by molar-refractivity contribution is -0.147. The Kier molecular flexibility index (Phi) is 5.22. The summed E-state index contributed by atoms with van der Waals surface area (Å²) in [6, 6.07) is 0.632. The van der Waals surface area contributed by atoms with E-state index in [-0.39, 0.29) is 11.9 Å². The maximum absolute atomic E-state index is 11.6. The Morgan fingerprint density at radius 1 is 1.26 bits per heavy atom. The Hall–Kier alpha value is -0.610. The molecule has 3 atom stereocenters. The molecule has 0 amide bonds. The molecule has 2 rings (SSSR count). The van der Waals surface area contributed by atoms with E-state index in [1.807, 2.05) is 0 Å². The second-order valence-electron chi connectivity index (χ2n) is 6.31. The van der Waals surface area contributed by atoms with Crippen molar-refractivity contribution in [3.63, 3.8) is 0 Å². The molecule has 4 heteroatoms. The molecule has 0 aromatic heterocycles. The van der Waals surface area contributed by atoms with Gasteiger partial charge in [0.25, 0.3) is 0 Å². The van der Waals surface area contributed by atoms with E-state index in [0.717, 1.165) is 38.4 Å². The third-order valence-corrected chi connectivity index (χ3v) is 5.05. The minimum atomic E-state index is -0.0352. The molecule has 0 aromatic carbocycles. The zero-order valence-corrected chi connectivity index (χ0v) is 12.3. The maximum Gasteiger partial charge on any atom is 0.308 e. The summed E-state index contributed by atoms with van der Waals surface area (Å²) < 4.78 is 4.85. The van der Waals surface area contributed by atoms with Crippen molar-refractivity contribution in [2.45, 2.75) is 45.1 Å². The van der Waals surface area contributed by atoms with Crippen molar-refractivity contribution in [2.75, 3.05) is 26.7 Å². The van der Waals surface area contributed by atoms with Crippen molar-refractivity contribution in [2.24, 2.45) is 23.5 Å². The fourth-order valence-electron chi connectivity index (χ4n) is 3.77. The Morgan fingerprint density at radius 3 is 2.53 bits per heavy atom. The van der Waals surface area contributed by atoms with Gasteiger partial charge in [-0.2, -0.15) is 0 Å². The van der Waals surface area contributed by atoms with Gasteiger partial charge in [-0.3, -0.25) is 4.79 Å². The fraction of sp³-hybridized carbons (Fsp3) is 0.933. The number of nitrogens with two attached hydrogens (primary N) is 1. The number of piperidine rings is 1. The average Bonchev–Trinajstić information content (AvgIpc) is 2.46. The van der Waals surface area contributed by atoms with Crippen molar-refractivity contribution < 1.29 is 9.53 Å². The van der Waals surface area contributed by atoms with Crippen molar-refractivity contribution >= 4 is 5.97 Å². The Morgan fingerprint density at radius 2 is 1.95 bits per heavy atom. The van der Waals surface area contributed by atoms with E-state index in [1.165, 1.54) is 26.4 Å². The first-order chi connectivity index (χ1) is 9.15. The molecular weight excluding hydrogens is 240 g/mol. The number of methoxy groups -OCH3 is 1. The second-order valence-corrected chi connectivity index (χ2v) is 6.31. The van der Waals surface area contributed by atoms with Gasteiger partial charge in [-0.05, 0) is 57.2 Å². The lowest BCUT2D eigenvalue weighted by atomic mass is 9.77. The van der Waals surface area contributed by atoms with E-state index in [1.54, 1.807) is 0 Å². The number of hydrogen-bond acceptors (Lipinski definition) is 4. The quantitative estimate of drug-likeness (QED) is 0.791. The molecule has 3 unspecified atom stereocenters. The van der Waals surface area contributed by atoms with Crippen molar-refractivity contribution in [3.05, 3.63) is 0 Å². The molecule has 110 valence electrons. The summed E-state index contributed by atoms with van der Waals surface area (Å²) in [5, 5.41) is 0. The van der Waals surface area contributed by atoms with Crippen LogP contribution in [0.2, 0.25) is 0 Å². The molecule has 0 radical (unpaired) electrons. The van der Waals surface area contributed by atoms with Crippen molar-refractivity contribution in [1.29, 1.82) is 0 Å². The molecular formula is C15H28N2O2. The van der Waals surface area contributed by atoms with Crippen LogP contribution in [0.15, 0.2) is 0 Å². The summed E-state index contributed by atoms with van der Waals surface area (Å²) in [6.45, 7) is 5.19. The summed E-state index contributed by atoms with van der Waals surface area (Å²) in [4.78, 5) is 14.1. The smallest absolute Gasteiger partial charge is 0.308 e. The average molecular weight is 268 g/mol. The molecule has 0 spiro atoms. The summed E-state index contributed by atoms with van der Waals surface area (Å²) >= 11 is 0. The van der Waals surface area contributed by atoms with Gasteiger partial charge in [0, 0.05) is 6.04 Å². The first kappa shape index (κ1) is 14.8. The van der Waals surface area contributed by atoms with Crippen LogP contribution in [0, 0.1) is 17.8 Å². The number of carbonyl (C=O) groups is 1. The number of hydrogen-bond donors (Lipinski definition) is 1. The summed E-state index contributed by atoms with van der Waals surface area (Å²) in [5.74, 6) is 1.53. The minimum Gasteiger partial charge on any atom is -0.469 e. The van der Waals surface area contributed by atoms with Gasteiger partial charge in [0.1, 0.15) is 0 Å². The summed E-state index contributed by atoms with van der Waals surface area (Å²) in [7, 11) is 1.49. The van der Waals surface area contributed by atoms with Gasteiger partial charge in [0.2, 0.25) is 0 Å².